The standard InChI is InChI=1S/C16H11FN2O2/c17-13-10-11(6-8-15(13)20)14-7-9-16(19-18-14)21-12-4-2-1-3-5-12/h1-10,20H. The van der Waals surface area contributed by atoms with Gasteiger partial charge in [0.25, 0.3) is 0 Å². The Balaban J connectivity index is 1.82. The third kappa shape index (κ3) is 2.97. The normalized spacial score (nSPS) is 10.3. The highest BCUT2D eigenvalue weighted by molar-refractivity contribution is 5.60. The molecule has 104 valence electrons. The van der Waals surface area contributed by atoms with Gasteiger partial charge in [0.1, 0.15) is 5.75 Å². The van der Waals surface area contributed by atoms with Crippen LogP contribution in [0, 0.1) is 5.82 Å². The van der Waals surface area contributed by atoms with Crippen molar-refractivity contribution in [3.63, 3.8) is 0 Å². The van der Waals surface area contributed by atoms with Crippen molar-refractivity contribution < 1.29 is 14.2 Å². The van der Waals surface area contributed by atoms with Crippen LogP contribution in [0.2, 0.25) is 0 Å². The highest BCUT2D eigenvalue weighted by atomic mass is 19.1. The molecule has 3 aromatic rings. The number of phenols is 1. The summed E-state index contributed by atoms with van der Waals surface area (Å²) < 4.78 is 18.8. The van der Waals surface area contributed by atoms with Gasteiger partial charge in [-0.1, -0.05) is 18.2 Å². The molecule has 0 radical (unpaired) electrons. The molecule has 0 aliphatic rings. The second-order valence-electron chi connectivity index (χ2n) is 4.34. The van der Waals surface area contributed by atoms with Gasteiger partial charge >= 0.3 is 0 Å². The van der Waals surface area contributed by atoms with Gasteiger partial charge in [-0.2, -0.15) is 0 Å². The second kappa shape index (κ2) is 5.58. The topological polar surface area (TPSA) is 55.2 Å². The van der Waals surface area contributed by atoms with E-state index >= 15 is 0 Å². The number of rotatable bonds is 3. The Labute approximate surface area is 120 Å². The van der Waals surface area contributed by atoms with Gasteiger partial charge in [-0.05, 0) is 36.4 Å². The number of nitrogens with zero attached hydrogens (tertiary/aromatic N) is 2. The van der Waals surface area contributed by atoms with E-state index < -0.39 is 11.6 Å². The first kappa shape index (κ1) is 13.1. The molecule has 0 aliphatic carbocycles. The first-order valence-electron chi connectivity index (χ1n) is 6.28. The summed E-state index contributed by atoms with van der Waals surface area (Å²) in [7, 11) is 0. The number of aromatic hydroxyl groups is 1. The highest BCUT2D eigenvalue weighted by Gasteiger charge is 2.06. The summed E-state index contributed by atoms with van der Waals surface area (Å²) in [6.45, 7) is 0. The minimum Gasteiger partial charge on any atom is -0.505 e. The van der Waals surface area contributed by atoms with Crippen molar-refractivity contribution in [3.8, 4) is 28.6 Å². The molecule has 0 saturated heterocycles. The lowest BCUT2D eigenvalue weighted by molar-refractivity contribution is 0.432. The minimum absolute atomic E-state index is 0.351. The third-order valence-electron chi connectivity index (χ3n) is 2.85. The van der Waals surface area contributed by atoms with E-state index in [1.807, 2.05) is 30.3 Å². The zero-order valence-electron chi connectivity index (χ0n) is 10.9. The van der Waals surface area contributed by atoms with E-state index in [1.165, 1.54) is 12.1 Å². The van der Waals surface area contributed by atoms with Crippen molar-refractivity contribution >= 4 is 0 Å². The van der Waals surface area contributed by atoms with Crippen molar-refractivity contribution in [2.75, 3.05) is 0 Å². The largest absolute Gasteiger partial charge is 0.505 e. The van der Waals surface area contributed by atoms with Gasteiger partial charge in [0.15, 0.2) is 11.6 Å². The molecule has 3 rings (SSSR count). The molecule has 0 fully saturated rings. The summed E-state index contributed by atoms with van der Waals surface area (Å²) in [6.07, 6.45) is 0. The molecule has 0 spiro atoms. The zero-order valence-corrected chi connectivity index (χ0v) is 10.9. The summed E-state index contributed by atoms with van der Waals surface area (Å²) in [6, 6.07) is 16.6. The number of hydrogen-bond donors (Lipinski definition) is 1. The lowest BCUT2D eigenvalue weighted by Crippen LogP contribution is -1.92. The molecular weight excluding hydrogens is 271 g/mol. The van der Waals surface area contributed by atoms with Crippen molar-refractivity contribution in [1.29, 1.82) is 0 Å². The summed E-state index contributed by atoms with van der Waals surface area (Å²) in [5, 5.41) is 17.1. The quantitative estimate of drug-likeness (QED) is 0.794. The number of benzene rings is 2. The molecule has 21 heavy (non-hydrogen) atoms. The fraction of sp³-hybridized carbons (Fsp3) is 0. The first-order chi connectivity index (χ1) is 10.2. The molecule has 0 bridgehead atoms. The maximum Gasteiger partial charge on any atom is 0.238 e. The predicted octanol–water partition coefficient (Wildman–Crippen LogP) is 3.78. The Morgan fingerprint density at radius 1 is 0.905 bits per heavy atom. The van der Waals surface area contributed by atoms with Gasteiger partial charge < -0.3 is 9.84 Å². The second-order valence-corrected chi connectivity index (χ2v) is 4.34. The van der Waals surface area contributed by atoms with E-state index in [4.69, 9.17) is 9.84 Å². The van der Waals surface area contributed by atoms with Crippen LogP contribution < -0.4 is 4.74 Å². The fourth-order valence-electron chi connectivity index (χ4n) is 1.80. The molecule has 1 N–H and O–H groups in total. The van der Waals surface area contributed by atoms with Crippen LogP contribution in [0.25, 0.3) is 11.3 Å². The molecule has 1 heterocycles. The fourth-order valence-corrected chi connectivity index (χ4v) is 1.80. The van der Waals surface area contributed by atoms with E-state index in [1.54, 1.807) is 18.2 Å². The van der Waals surface area contributed by atoms with Crippen LogP contribution in [0.3, 0.4) is 0 Å². The number of halogens is 1. The number of phenolic OH excluding ortho intramolecular Hbond substituents is 1. The van der Waals surface area contributed by atoms with Crippen LogP contribution in [0.5, 0.6) is 17.4 Å². The lowest BCUT2D eigenvalue weighted by atomic mass is 10.1. The van der Waals surface area contributed by atoms with Crippen LogP contribution in [-0.4, -0.2) is 15.3 Å². The number of ether oxygens (including phenoxy) is 1. The SMILES string of the molecule is Oc1ccc(-c2ccc(Oc3ccccc3)nn2)cc1F. The first-order valence-corrected chi connectivity index (χ1v) is 6.28. The average molecular weight is 282 g/mol. The Bertz CT molecular complexity index is 746. The molecule has 2 aromatic carbocycles. The average Bonchev–Trinajstić information content (AvgIpc) is 2.52. The molecular formula is C16H11FN2O2. The van der Waals surface area contributed by atoms with Gasteiger partial charge in [-0.3, -0.25) is 0 Å². The van der Waals surface area contributed by atoms with Gasteiger partial charge in [-0.25, -0.2) is 4.39 Å². The van der Waals surface area contributed by atoms with Gasteiger partial charge in [0.2, 0.25) is 5.88 Å². The zero-order chi connectivity index (χ0) is 14.7. The summed E-state index contributed by atoms with van der Waals surface area (Å²) in [4.78, 5) is 0. The van der Waals surface area contributed by atoms with E-state index in [2.05, 4.69) is 10.2 Å². The van der Waals surface area contributed by atoms with Crippen molar-refractivity contribution in [3.05, 3.63) is 66.5 Å². The van der Waals surface area contributed by atoms with Crippen LogP contribution in [0.1, 0.15) is 0 Å². The molecule has 0 aliphatic heterocycles. The molecule has 0 saturated carbocycles. The molecule has 5 heteroatoms. The van der Waals surface area contributed by atoms with Gasteiger partial charge in [0, 0.05) is 11.6 Å². The van der Waals surface area contributed by atoms with Crippen molar-refractivity contribution in [1.82, 2.24) is 10.2 Å². The van der Waals surface area contributed by atoms with Crippen LogP contribution in [0.4, 0.5) is 4.39 Å². The molecule has 0 amide bonds. The maximum atomic E-state index is 13.3. The van der Waals surface area contributed by atoms with E-state index in [0.717, 1.165) is 0 Å². The van der Waals surface area contributed by atoms with Gasteiger partial charge in [0.05, 0.1) is 5.69 Å². The van der Waals surface area contributed by atoms with Gasteiger partial charge in [-0.15, -0.1) is 10.2 Å². The third-order valence-corrected chi connectivity index (χ3v) is 2.85. The molecule has 0 unspecified atom stereocenters. The van der Waals surface area contributed by atoms with Crippen molar-refractivity contribution in [2.24, 2.45) is 0 Å². The molecule has 1 aromatic heterocycles. The van der Waals surface area contributed by atoms with Crippen LogP contribution in [0.15, 0.2) is 60.7 Å². The Hall–Kier alpha value is -2.95. The summed E-state index contributed by atoms with van der Waals surface area (Å²) >= 11 is 0. The summed E-state index contributed by atoms with van der Waals surface area (Å²) in [5.41, 5.74) is 1.03. The monoisotopic (exact) mass is 282 g/mol. The maximum absolute atomic E-state index is 13.3. The molecule has 0 atom stereocenters. The number of para-hydroxylation sites is 1. The van der Waals surface area contributed by atoms with Crippen LogP contribution in [-0.2, 0) is 0 Å². The smallest absolute Gasteiger partial charge is 0.238 e. The van der Waals surface area contributed by atoms with E-state index in [0.29, 0.717) is 22.9 Å². The van der Waals surface area contributed by atoms with Crippen LogP contribution >= 0.6 is 0 Å². The Morgan fingerprint density at radius 3 is 2.38 bits per heavy atom. The Morgan fingerprint density at radius 2 is 1.71 bits per heavy atom. The highest BCUT2D eigenvalue weighted by Crippen LogP contribution is 2.24. The number of aromatic nitrogens is 2. The summed E-state index contributed by atoms with van der Waals surface area (Å²) in [5.74, 6) is -0.0749. The molecule has 4 nitrogen and oxygen atoms in total. The lowest BCUT2D eigenvalue weighted by Gasteiger charge is -2.05. The van der Waals surface area contributed by atoms with E-state index in [9.17, 15) is 4.39 Å². The minimum atomic E-state index is -0.695. The predicted molar refractivity (Wildman–Crippen MR) is 75.6 cm³/mol. The van der Waals surface area contributed by atoms with E-state index in [-0.39, 0.29) is 0 Å². The van der Waals surface area contributed by atoms with Crippen molar-refractivity contribution in [2.45, 2.75) is 0 Å². The Kier molecular flexibility index (Phi) is 3.47. The number of hydrogen-bond acceptors (Lipinski definition) is 4.